The first kappa shape index (κ1) is 24.2. The number of nitrogens with one attached hydrogen (secondary N) is 2. The van der Waals surface area contributed by atoms with E-state index >= 15 is 0 Å². The summed E-state index contributed by atoms with van der Waals surface area (Å²) >= 11 is 0. The van der Waals surface area contributed by atoms with E-state index in [4.69, 9.17) is 10.2 Å². The minimum atomic E-state index is -3.50. The minimum absolute atomic E-state index is 0.0583. The Kier molecular flexibility index (Phi) is 6.90. The summed E-state index contributed by atoms with van der Waals surface area (Å²) in [6.45, 7) is 7.84. The highest BCUT2D eigenvalue weighted by molar-refractivity contribution is 7.92. The molecule has 9 nitrogen and oxygen atoms in total. The quantitative estimate of drug-likeness (QED) is 0.390. The van der Waals surface area contributed by atoms with Gasteiger partial charge >= 0.3 is 0 Å². The van der Waals surface area contributed by atoms with Gasteiger partial charge in [-0.15, -0.1) is 10.2 Å². The molecule has 5 atom stereocenters. The second-order valence-corrected chi connectivity index (χ2v) is 11.1. The Morgan fingerprint density at radius 1 is 1.15 bits per heavy atom. The fourth-order valence-electron chi connectivity index (χ4n) is 4.05. The Bertz CT molecular complexity index is 1230. The van der Waals surface area contributed by atoms with Crippen molar-refractivity contribution in [2.24, 2.45) is 17.6 Å². The van der Waals surface area contributed by atoms with E-state index in [9.17, 15) is 8.42 Å². The maximum absolute atomic E-state index is 12.2. The number of benzene rings is 1. The van der Waals surface area contributed by atoms with Crippen molar-refractivity contribution >= 4 is 21.7 Å². The van der Waals surface area contributed by atoms with E-state index in [-0.39, 0.29) is 35.5 Å². The first-order valence-corrected chi connectivity index (χ1v) is 13.3. The Morgan fingerprint density at radius 2 is 1.82 bits per heavy atom. The fraction of sp³-hybridized carbons (Fsp3) is 0.458. The molecule has 1 aromatic carbocycles. The second kappa shape index (κ2) is 9.71. The summed E-state index contributed by atoms with van der Waals surface area (Å²) in [5.41, 5.74) is 7.97. The van der Waals surface area contributed by atoms with Crippen LogP contribution in [0.2, 0.25) is 0 Å². The molecule has 1 aliphatic carbocycles. The Balaban J connectivity index is 1.62. The molecule has 2 aromatic heterocycles. The topological polar surface area (TPSA) is 136 Å². The van der Waals surface area contributed by atoms with Crippen molar-refractivity contribution in [3.05, 3.63) is 53.9 Å². The number of hydrogen-bond donors (Lipinski definition) is 3. The van der Waals surface area contributed by atoms with Gasteiger partial charge < -0.3 is 15.5 Å². The van der Waals surface area contributed by atoms with Gasteiger partial charge in [0, 0.05) is 17.6 Å². The molecule has 2 heterocycles. The molecule has 4 rings (SSSR count). The van der Waals surface area contributed by atoms with Gasteiger partial charge in [-0.05, 0) is 49.8 Å². The average Bonchev–Trinajstić information content (AvgIpc) is 3.35. The average molecular weight is 485 g/mol. The van der Waals surface area contributed by atoms with Gasteiger partial charge in [-0.2, -0.15) is 0 Å². The highest BCUT2D eigenvalue weighted by Gasteiger charge is 2.37. The maximum Gasteiger partial charge on any atom is 0.248 e. The van der Waals surface area contributed by atoms with E-state index in [1.54, 1.807) is 19.1 Å². The van der Waals surface area contributed by atoms with Gasteiger partial charge in [0.15, 0.2) is 0 Å². The van der Waals surface area contributed by atoms with Crippen LogP contribution in [0.1, 0.15) is 57.5 Å². The SMILES string of the molecule is CCS(=O)(=O)Nc1cc(-c2nnc(C(C)C(N)c3ccccc3)o2)cc(NC(C)C2CC2C)n1. The molecular formula is C24H32N6O3S. The highest BCUT2D eigenvalue weighted by Crippen LogP contribution is 2.41. The van der Waals surface area contributed by atoms with Crippen LogP contribution < -0.4 is 15.8 Å². The zero-order chi connectivity index (χ0) is 24.5. The van der Waals surface area contributed by atoms with E-state index < -0.39 is 10.0 Å². The predicted octanol–water partition coefficient (Wildman–Crippen LogP) is 4.15. The number of nitrogens with zero attached hydrogens (tertiary/aromatic N) is 3. The third-order valence-corrected chi connectivity index (χ3v) is 7.74. The molecule has 5 unspecified atom stereocenters. The van der Waals surface area contributed by atoms with Crippen LogP contribution >= 0.6 is 0 Å². The molecular weight excluding hydrogens is 452 g/mol. The standard InChI is InChI=1S/C24H32N6O3S/c1-5-34(31,32)30-21-13-18(12-20(27-21)26-16(4)19-11-14(19)2)24-29-28-23(33-24)15(3)22(25)17-9-7-6-8-10-17/h6-10,12-16,19,22H,5,11,25H2,1-4H3,(H2,26,27,30). The van der Waals surface area contributed by atoms with Gasteiger partial charge in [0.25, 0.3) is 0 Å². The van der Waals surface area contributed by atoms with Crippen LogP contribution in [0, 0.1) is 11.8 Å². The molecule has 4 N–H and O–H groups in total. The summed E-state index contributed by atoms with van der Waals surface area (Å²) < 4.78 is 32.9. The van der Waals surface area contributed by atoms with Gasteiger partial charge in [0.1, 0.15) is 11.6 Å². The number of pyridine rings is 1. The monoisotopic (exact) mass is 484 g/mol. The molecule has 0 saturated heterocycles. The largest absolute Gasteiger partial charge is 0.420 e. The fourth-order valence-corrected chi connectivity index (χ4v) is 4.62. The maximum atomic E-state index is 12.2. The van der Waals surface area contributed by atoms with Gasteiger partial charge in [-0.1, -0.05) is 44.2 Å². The molecule has 10 heteroatoms. The highest BCUT2D eigenvalue weighted by atomic mass is 32.2. The van der Waals surface area contributed by atoms with Crippen molar-refractivity contribution < 1.29 is 12.8 Å². The van der Waals surface area contributed by atoms with Gasteiger partial charge in [0.2, 0.25) is 21.8 Å². The van der Waals surface area contributed by atoms with Crippen molar-refractivity contribution in [3.63, 3.8) is 0 Å². The van der Waals surface area contributed by atoms with Gasteiger partial charge in [-0.25, -0.2) is 13.4 Å². The van der Waals surface area contributed by atoms with Gasteiger partial charge in [-0.3, -0.25) is 4.72 Å². The lowest BCUT2D eigenvalue weighted by Gasteiger charge is -2.17. The van der Waals surface area contributed by atoms with Crippen molar-refractivity contribution in [2.75, 3.05) is 15.8 Å². The first-order valence-electron chi connectivity index (χ1n) is 11.6. The van der Waals surface area contributed by atoms with E-state index in [0.29, 0.717) is 29.1 Å². The van der Waals surface area contributed by atoms with Crippen molar-refractivity contribution in [1.82, 2.24) is 15.2 Å². The molecule has 0 radical (unpaired) electrons. The number of anilines is 2. The smallest absolute Gasteiger partial charge is 0.248 e. The molecule has 182 valence electrons. The lowest BCUT2D eigenvalue weighted by atomic mass is 9.95. The molecule has 0 aliphatic heterocycles. The zero-order valence-corrected chi connectivity index (χ0v) is 20.7. The summed E-state index contributed by atoms with van der Waals surface area (Å²) in [5.74, 6) is 2.40. The summed E-state index contributed by atoms with van der Waals surface area (Å²) in [5, 5.41) is 11.8. The molecule has 0 spiro atoms. The number of hydrogen-bond acceptors (Lipinski definition) is 8. The molecule has 0 bridgehead atoms. The number of nitrogens with two attached hydrogens (primary N) is 1. The summed E-state index contributed by atoms with van der Waals surface area (Å²) in [4.78, 5) is 4.47. The molecule has 1 aliphatic rings. The molecule has 3 aromatic rings. The third kappa shape index (κ3) is 5.56. The Labute approximate surface area is 200 Å². The van der Waals surface area contributed by atoms with E-state index in [1.807, 2.05) is 37.3 Å². The lowest BCUT2D eigenvalue weighted by Crippen LogP contribution is -2.20. The predicted molar refractivity (Wildman–Crippen MR) is 133 cm³/mol. The van der Waals surface area contributed by atoms with Crippen LogP contribution in [0.4, 0.5) is 11.6 Å². The molecule has 1 fully saturated rings. The van der Waals surface area contributed by atoms with Crippen LogP contribution in [0.15, 0.2) is 46.9 Å². The number of rotatable bonds is 10. The van der Waals surface area contributed by atoms with E-state index in [2.05, 4.69) is 39.1 Å². The van der Waals surface area contributed by atoms with Crippen LogP contribution in [0.25, 0.3) is 11.5 Å². The molecule has 0 amide bonds. The first-order chi connectivity index (χ1) is 16.2. The lowest BCUT2D eigenvalue weighted by molar-refractivity contribution is 0.431. The summed E-state index contributed by atoms with van der Waals surface area (Å²) in [6, 6.07) is 13.0. The normalized spacial score (nSPS) is 20.4. The molecule has 1 saturated carbocycles. The van der Waals surface area contributed by atoms with Crippen LogP contribution in [-0.2, 0) is 10.0 Å². The summed E-state index contributed by atoms with van der Waals surface area (Å²) in [6.07, 6.45) is 1.16. The number of sulfonamides is 1. The van der Waals surface area contributed by atoms with Crippen LogP contribution in [-0.4, -0.2) is 35.4 Å². The van der Waals surface area contributed by atoms with Crippen LogP contribution in [0.3, 0.4) is 0 Å². The minimum Gasteiger partial charge on any atom is -0.420 e. The molecule has 34 heavy (non-hydrogen) atoms. The Hall–Kier alpha value is -2.98. The van der Waals surface area contributed by atoms with Crippen molar-refractivity contribution in [3.8, 4) is 11.5 Å². The van der Waals surface area contributed by atoms with Crippen LogP contribution in [0.5, 0.6) is 0 Å². The van der Waals surface area contributed by atoms with E-state index in [1.165, 1.54) is 0 Å². The van der Waals surface area contributed by atoms with Crippen molar-refractivity contribution in [1.29, 1.82) is 0 Å². The number of aromatic nitrogens is 3. The second-order valence-electron chi connectivity index (χ2n) is 9.11. The summed E-state index contributed by atoms with van der Waals surface area (Å²) in [7, 11) is -3.50. The zero-order valence-electron chi connectivity index (χ0n) is 19.9. The third-order valence-electron chi connectivity index (χ3n) is 6.46. The van der Waals surface area contributed by atoms with Gasteiger partial charge in [0.05, 0.1) is 11.7 Å². The van der Waals surface area contributed by atoms with E-state index in [0.717, 1.165) is 12.0 Å². The Morgan fingerprint density at radius 3 is 2.47 bits per heavy atom. The van der Waals surface area contributed by atoms with Crippen molar-refractivity contribution in [2.45, 2.75) is 52.1 Å².